The third-order valence-corrected chi connectivity index (χ3v) is 3.01. The summed E-state index contributed by atoms with van der Waals surface area (Å²) in [6, 6.07) is 4.58. The van der Waals surface area contributed by atoms with Crippen molar-refractivity contribution in [3.63, 3.8) is 0 Å². The first-order chi connectivity index (χ1) is 8.36. The summed E-state index contributed by atoms with van der Waals surface area (Å²) in [5.41, 5.74) is 0.396. The van der Waals surface area contributed by atoms with Crippen LogP contribution in [0.2, 0.25) is 5.02 Å². The molecule has 0 atom stereocenters. The van der Waals surface area contributed by atoms with E-state index in [1.807, 2.05) is 13.8 Å². The van der Waals surface area contributed by atoms with Gasteiger partial charge in [-0.15, -0.1) is 0 Å². The molecule has 0 aliphatic heterocycles. The third-order valence-electron chi connectivity index (χ3n) is 2.72. The average molecular weight is 273 g/mol. The zero-order valence-electron chi connectivity index (χ0n) is 10.8. The second-order valence-corrected chi connectivity index (χ2v) is 5.22. The smallest absolute Gasteiger partial charge is 0.226 e. The van der Waals surface area contributed by atoms with Gasteiger partial charge in [0, 0.05) is 20.1 Å². The van der Waals surface area contributed by atoms with E-state index >= 15 is 0 Å². The number of carbonyl (C=O) groups is 1. The summed E-state index contributed by atoms with van der Waals surface area (Å²) in [6.07, 6.45) is 0. The van der Waals surface area contributed by atoms with Crippen LogP contribution in [0.15, 0.2) is 18.2 Å². The Balaban J connectivity index is 2.51. The topological polar surface area (TPSA) is 41.1 Å². The minimum Gasteiger partial charge on any atom is -0.359 e. The molecule has 3 nitrogen and oxygen atoms in total. The van der Waals surface area contributed by atoms with E-state index in [1.165, 1.54) is 6.07 Å². The number of halogens is 2. The number of carbonyl (C=O) groups excluding carboxylic acids is 1. The zero-order valence-corrected chi connectivity index (χ0v) is 11.6. The maximum Gasteiger partial charge on any atom is 0.226 e. The van der Waals surface area contributed by atoms with Crippen molar-refractivity contribution >= 4 is 17.5 Å². The van der Waals surface area contributed by atoms with Crippen LogP contribution >= 0.6 is 11.6 Å². The number of hydrogen-bond acceptors (Lipinski definition) is 2. The molecule has 0 fully saturated rings. The Bertz CT molecular complexity index is 435. The standard InChI is InChI=1S/C13H18ClFN2O/c1-13(2,12(18)16-3)8-17-7-9-4-5-11(15)10(14)6-9/h4-6,17H,7-8H2,1-3H3,(H,16,18). The molecule has 0 aliphatic rings. The molecule has 1 amide bonds. The highest BCUT2D eigenvalue weighted by molar-refractivity contribution is 6.30. The number of nitrogens with one attached hydrogen (secondary N) is 2. The van der Waals surface area contributed by atoms with E-state index < -0.39 is 11.2 Å². The van der Waals surface area contributed by atoms with Gasteiger partial charge in [0.1, 0.15) is 5.82 Å². The Kier molecular flexibility index (Phi) is 5.11. The lowest BCUT2D eigenvalue weighted by atomic mass is 9.92. The largest absolute Gasteiger partial charge is 0.359 e. The molecule has 0 radical (unpaired) electrons. The highest BCUT2D eigenvalue weighted by atomic mass is 35.5. The van der Waals surface area contributed by atoms with Crippen molar-refractivity contribution in [2.45, 2.75) is 20.4 Å². The summed E-state index contributed by atoms with van der Waals surface area (Å²) in [6.45, 7) is 4.79. The predicted molar refractivity (Wildman–Crippen MR) is 71.0 cm³/mol. The molecule has 5 heteroatoms. The summed E-state index contributed by atoms with van der Waals surface area (Å²) in [4.78, 5) is 11.6. The first-order valence-corrected chi connectivity index (χ1v) is 6.11. The minimum atomic E-state index is -0.488. The molecule has 0 saturated heterocycles. The predicted octanol–water partition coefficient (Wildman–Crippen LogP) is 2.34. The maximum atomic E-state index is 13.0. The second-order valence-electron chi connectivity index (χ2n) is 4.82. The van der Waals surface area contributed by atoms with E-state index in [2.05, 4.69) is 10.6 Å². The normalized spacial score (nSPS) is 11.4. The summed E-state index contributed by atoms with van der Waals surface area (Å²) >= 11 is 5.69. The van der Waals surface area contributed by atoms with E-state index in [1.54, 1.807) is 19.2 Å². The molecule has 18 heavy (non-hydrogen) atoms. The molecule has 0 aromatic heterocycles. The van der Waals surface area contributed by atoms with Gasteiger partial charge in [-0.1, -0.05) is 17.7 Å². The van der Waals surface area contributed by atoms with Gasteiger partial charge in [0.05, 0.1) is 10.4 Å². The van der Waals surface area contributed by atoms with Crippen LogP contribution in [0.4, 0.5) is 4.39 Å². The number of benzene rings is 1. The molecule has 0 bridgehead atoms. The van der Waals surface area contributed by atoms with E-state index in [0.29, 0.717) is 13.1 Å². The molecule has 0 saturated carbocycles. The van der Waals surface area contributed by atoms with Crippen molar-refractivity contribution < 1.29 is 9.18 Å². The lowest BCUT2D eigenvalue weighted by Gasteiger charge is -2.23. The van der Waals surface area contributed by atoms with E-state index in [-0.39, 0.29) is 10.9 Å². The third kappa shape index (κ3) is 3.96. The molecule has 1 aromatic rings. The highest BCUT2D eigenvalue weighted by Gasteiger charge is 2.25. The Morgan fingerprint density at radius 1 is 1.44 bits per heavy atom. The van der Waals surface area contributed by atoms with E-state index in [4.69, 9.17) is 11.6 Å². The molecule has 0 unspecified atom stereocenters. The van der Waals surface area contributed by atoms with Crippen molar-refractivity contribution in [2.24, 2.45) is 5.41 Å². The molecular weight excluding hydrogens is 255 g/mol. The summed E-state index contributed by atoms with van der Waals surface area (Å²) < 4.78 is 13.0. The molecule has 100 valence electrons. The van der Waals surface area contributed by atoms with Crippen molar-refractivity contribution in [3.05, 3.63) is 34.6 Å². The van der Waals surface area contributed by atoms with Crippen molar-refractivity contribution in [3.8, 4) is 0 Å². The van der Waals surface area contributed by atoms with Crippen LogP contribution in [-0.2, 0) is 11.3 Å². The minimum absolute atomic E-state index is 0.0212. The average Bonchev–Trinajstić information content (AvgIpc) is 2.32. The first-order valence-electron chi connectivity index (χ1n) is 5.73. The van der Waals surface area contributed by atoms with E-state index in [0.717, 1.165) is 5.56 Å². The number of hydrogen-bond donors (Lipinski definition) is 2. The van der Waals surface area contributed by atoms with Crippen LogP contribution in [0.25, 0.3) is 0 Å². The van der Waals surface area contributed by atoms with Gasteiger partial charge in [-0.3, -0.25) is 4.79 Å². The van der Waals surface area contributed by atoms with Crippen molar-refractivity contribution in [2.75, 3.05) is 13.6 Å². The molecule has 0 aliphatic carbocycles. The Labute approximate surface area is 112 Å². The summed E-state index contributed by atoms with van der Waals surface area (Å²) in [5.74, 6) is -0.446. The summed E-state index contributed by atoms with van der Waals surface area (Å²) in [7, 11) is 1.61. The molecule has 0 heterocycles. The summed E-state index contributed by atoms with van der Waals surface area (Å²) in [5, 5.41) is 5.89. The van der Waals surface area contributed by atoms with Crippen LogP contribution in [-0.4, -0.2) is 19.5 Å². The van der Waals surface area contributed by atoms with Gasteiger partial charge in [-0.2, -0.15) is 0 Å². The van der Waals surface area contributed by atoms with Gasteiger partial charge >= 0.3 is 0 Å². The maximum absolute atomic E-state index is 13.0. The molecular formula is C13H18ClFN2O. The fourth-order valence-electron chi connectivity index (χ4n) is 1.59. The molecule has 2 N–H and O–H groups in total. The Hall–Kier alpha value is -1.13. The van der Waals surface area contributed by atoms with Crippen LogP contribution < -0.4 is 10.6 Å². The monoisotopic (exact) mass is 272 g/mol. The van der Waals surface area contributed by atoms with Crippen LogP contribution in [0.1, 0.15) is 19.4 Å². The molecule has 0 spiro atoms. The fourth-order valence-corrected chi connectivity index (χ4v) is 1.79. The SMILES string of the molecule is CNC(=O)C(C)(C)CNCc1ccc(F)c(Cl)c1. The van der Waals surface area contributed by atoms with Gasteiger partial charge in [-0.05, 0) is 31.5 Å². The van der Waals surface area contributed by atoms with Gasteiger partial charge in [-0.25, -0.2) is 4.39 Å². The lowest BCUT2D eigenvalue weighted by molar-refractivity contribution is -0.128. The number of amides is 1. The fraction of sp³-hybridized carbons (Fsp3) is 0.462. The lowest BCUT2D eigenvalue weighted by Crippen LogP contribution is -2.41. The van der Waals surface area contributed by atoms with Gasteiger partial charge in [0.15, 0.2) is 0 Å². The zero-order chi connectivity index (χ0) is 13.8. The highest BCUT2D eigenvalue weighted by Crippen LogP contribution is 2.17. The molecule has 1 aromatic carbocycles. The van der Waals surface area contributed by atoms with Crippen LogP contribution in [0.5, 0.6) is 0 Å². The quantitative estimate of drug-likeness (QED) is 0.864. The Morgan fingerprint density at radius 3 is 2.67 bits per heavy atom. The van der Waals surface area contributed by atoms with Crippen LogP contribution in [0, 0.1) is 11.2 Å². The first kappa shape index (κ1) is 14.9. The van der Waals surface area contributed by atoms with Crippen LogP contribution in [0.3, 0.4) is 0 Å². The molecule has 1 rings (SSSR count). The van der Waals surface area contributed by atoms with Crippen molar-refractivity contribution in [1.82, 2.24) is 10.6 Å². The van der Waals surface area contributed by atoms with Gasteiger partial charge in [0.25, 0.3) is 0 Å². The van der Waals surface area contributed by atoms with Gasteiger partial charge < -0.3 is 10.6 Å². The second kappa shape index (κ2) is 6.16. The Morgan fingerprint density at radius 2 is 2.11 bits per heavy atom. The van der Waals surface area contributed by atoms with Gasteiger partial charge in [0.2, 0.25) is 5.91 Å². The van der Waals surface area contributed by atoms with E-state index in [9.17, 15) is 9.18 Å². The van der Waals surface area contributed by atoms with Crippen molar-refractivity contribution in [1.29, 1.82) is 0 Å². The number of rotatable bonds is 5.